The van der Waals surface area contributed by atoms with Crippen molar-refractivity contribution in [1.29, 1.82) is 0 Å². The average Bonchev–Trinajstić information content (AvgIpc) is 1.57. The van der Waals surface area contributed by atoms with Crippen LogP contribution in [-0.2, 0) is 162 Å². The number of amides is 8. The van der Waals surface area contributed by atoms with Crippen molar-refractivity contribution in [1.82, 2.24) is 36.8 Å². The highest BCUT2D eigenvalue weighted by Gasteiger charge is 2.61. The molecule has 0 aromatic heterocycles. The SMILES string of the molecule is CC(C)(Br)C(=O)OCC(COCC(=O)NCCC(=O)NCC(CNC(=O)CCNC(=O)COCC(COC(=O)C(C)(C)Br)(COC(=O)C(C)(C)Br)COC(=O)C(C)(C)Br)(CNC(=O)CCNC(=O)COCC(COC(=O)C(C)(C)Br)(COC(=O)C(C)(C)Br)COC(=O)C(C)(C)Br)COCCOCCOCCOCCN1C(=O)C2C3C=CC(O3)C2C1=O)(COC(=O)C(C)(C)Br)COC(=O)C(C)(C)Br. The van der Waals surface area contributed by atoms with Crippen molar-refractivity contribution >= 4 is 244 Å². The topological polar surface area (TPSA) is 523 Å². The van der Waals surface area contributed by atoms with Crippen LogP contribution in [0, 0.1) is 33.5 Å². The van der Waals surface area contributed by atoms with Crippen molar-refractivity contribution in [2.45, 2.75) is 195 Å². The minimum Gasteiger partial charge on any atom is -0.464 e. The lowest BCUT2D eigenvalue weighted by Crippen LogP contribution is -2.54. The second-order valence-electron chi connectivity index (χ2n) is 37.8. The minimum atomic E-state index is -1.61. The van der Waals surface area contributed by atoms with Gasteiger partial charge in [-0.2, -0.15) is 0 Å². The molecule has 137 heavy (non-hydrogen) atoms. The Balaban J connectivity index is 1.98. The molecule has 2 fully saturated rings. The number of carbonyl (C=O) groups is 17. The zero-order valence-electron chi connectivity index (χ0n) is 80.5. The van der Waals surface area contributed by atoms with Crippen molar-refractivity contribution < 1.29 is 162 Å². The molecule has 2 bridgehead atoms. The number of likely N-dealkylation sites (tertiary alicyclic amines) is 1. The number of rotatable bonds is 68. The first kappa shape index (κ1) is 126. The molecule has 0 spiro atoms. The normalized spacial score (nSPS) is 16.1. The Hall–Kier alpha value is -5.07. The van der Waals surface area contributed by atoms with Crippen LogP contribution in [0.3, 0.4) is 0 Å². The largest absolute Gasteiger partial charge is 0.464 e. The molecule has 4 atom stereocenters. The highest BCUT2D eigenvalue weighted by Crippen LogP contribution is 2.45. The number of fused-ring (bicyclic) bond motifs is 5. The molecule has 3 rings (SSSR count). The van der Waals surface area contributed by atoms with Crippen LogP contribution in [0.25, 0.3) is 0 Å². The number of hydrogen-bond donors (Lipinski definition) is 6. The average molecular weight is 2540 g/mol. The number of hydrogen-bond acceptors (Lipinski definition) is 34. The first-order valence-corrected chi connectivity index (χ1v) is 50.7. The van der Waals surface area contributed by atoms with Gasteiger partial charge in [-0.25, -0.2) is 0 Å². The molecule has 0 aliphatic carbocycles. The van der Waals surface area contributed by atoms with Crippen molar-refractivity contribution in [3.8, 4) is 0 Å². The Morgan fingerprint density at radius 2 is 0.467 bits per heavy atom. The molecule has 50 heteroatoms. The van der Waals surface area contributed by atoms with Gasteiger partial charge in [-0.05, 0) is 125 Å². The van der Waals surface area contributed by atoms with E-state index in [2.05, 4.69) is 175 Å². The molecule has 0 aromatic rings. The standard InChI is InChI=1S/C87H132Br9N7O34/c1-75(2,88)66(112)128-45-85(46-129-67(113)76(3,4)89,47-130-68(114)77(5,6)90)42-125-35-59(107)97-24-21-56(104)100-38-84(41-124-34-33-123-32-31-122-30-29-121-28-27-103-64(110)62-54-19-20-55(137-54)63(62)65(103)111,39-101-57(105)22-25-98-60(108)36-126-43-86(48-131-69(115)78(7,8)91,49-132-70(116)79(9,10)92)50-133-71(117)80(11,12)93)40-102-58(106)23-26-99-61(109)37-127-44-87(51-134-72(118)81(13,14)94,52-135-73(119)82(15,16)95)53-136-74(120)83(17,18)96/h19-20,54-55,62-63H,21-53H2,1-18H3,(H,97,107)(H,98,108)(H,99,109)(H,100,104)(H,101,105)(H,102,106). The molecule has 3 aliphatic heterocycles. The smallest absolute Gasteiger partial charge is 0.322 e. The van der Waals surface area contributed by atoms with Gasteiger partial charge in [-0.3, -0.25) is 86.4 Å². The summed E-state index contributed by atoms with van der Waals surface area (Å²) in [5.74, 6) is -12.8. The van der Waals surface area contributed by atoms with Crippen molar-refractivity contribution in [2.24, 2.45) is 33.5 Å². The van der Waals surface area contributed by atoms with Gasteiger partial charge in [0.2, 0.25) is 47.3 Å². The van der Waals surface area contributed by atoms with Gasteiger partial charge in [0.1, 0.15) is 118 Å². The number of halogens is 9. The predicted octanol–water partition coefficient (Wildman–Crippen LogP) is 6.30. The predicted molar refractivity (Wildman–Crippen MR) is 525 cm³/mol. The number of carbonyl (C=O) groups excluding carboxylic acids is 17. The molecule has 0 saturated carbocycles. The summed E-state index contributed by atoms with van der Waals surface area (Å²) in [6.07, 6.45) is 1.54. The maximum absolute atomic E-state index is 14.1. The van der Waals surface area contributed by atoms with E-state index in [1.165, 1.54) is 130 Å². The quantitative estimate of drug-likeness (QED) is 0.00970. The first-order valence-electron chi connectivity index (χ1n) is 43.6. The van der Waals surface area contributed by atoms with Gasteiger partial charge in [0.25, 0.3) is 0 Å². The fourth-order valence-electron chi connectivity index (χ4n) is 11.6. The molecular weight excluding hydrogens is 2410 g/mol. The van der Waals surface area contributed by atoms with Crippen LogP contribution in [0.2, 0.25) is 0 Å². The number of nitrogens with zero attached hydrogens (tertiary/aromatic N) is 1. The molecule has 4 unspecified atom stereocenters. The van der Waals surface area contributed by atoms with Crippen LogP contribution in [0.5, 0.6) is 0 Å². The van der Waals surface area contributed by atoms with E-state index in [9.17, 15) is 81.5 Å². The maximum Gasteiger partial charge on any atom is 0.322 e. The molecule has 2 saturated heterocycles. The van der Waals surface area contributed by atoms with Gasteiger partial charge < -0.3 is 112 Å². The second-order valence-corrected chi connectivity index (χ2v) is 55.6. The van der Waals surface area contributed by atoms with Crippen LogP contribution in [0.15, 0.2) is 12.2 Å². The lowest BCUT2D eigenvalue weighted by atomic mass is 9.85. The van der Waals surface area contributed by atoms with E-state index in [0.29, 0.717) is 0 Å². The molecule has 6 N–H and O–H groups in total. The molecular formula is C87H132Br9N7O34. The summed E-state index contributed by atoms with van der Waals surface area (Å²) >= 11 is 29.3. The number of esters is 9. The summed E-state index contributed by atoms with van der Waals surface area (Å²) in [4.78, 5) is 228. The third-order valence-electron chi connectivity index (χ3n) is 19.9. The Bertz CT molecular complexity index is 3540. The summed E-state index contributed by atoms with van der Waals surface area (Å²) in [6, 6.07) is 0. The van der Waals surface area contributed by atoms with Crippen LogP contribution in [0.1, 0.15) is 144 Å². The summed E-state index contributed by atoms with van der Waals surface area (Å²) in [5.41, 5.74) is -6.33. The van der Waals surface area contributed by atoms with Crippen molar-refractivity contribution in [3.63, 3.8) is 0 Å². The zero-order chi connectivity index (χ0) is 104. The maximum atomic E-state index is 14.1. The number of imide groups is 1. The molecule has 8 amide bonds. The number of nitrogens with one attached hydrogen (secondary N) is 6. The molecule has 3 aliphatic rings. The second kappa shape index (κ2) is 57.0. The molecule has 782 valence electrons. The van der Waals surface area contributed by atoms with Crippen LogP contribution >= 0.6 is 143 Å². The van der Waals surface area contributed by atoms with E-state index in [1.807, 2.05) is 0 Å². The molecule has 0 aromatic carbocycles. The van der Waals surface area contributed by atoms with E-state index < -0.39 is 312 Å². The monoisotopic (exact) mass is 2530 g/mol. The third-order valence-corrected chi connectivity index (χ3v) is 22.8. The Kier molecular flexibility index (Phi) is 52.5. The van der Waals surface area contributed by atoms with E-state index in [4.69, 9.17) is 80.5 Å². The summed E-state index contributed by atoms with van der Waals surface area (Å²) in [6.45, 7) is 16.8. The Morgan fingerprint density at radius 1 is 0.270 bits per heavy atom. The van der Waals surface area contributed by atoms with Crippen LogP contribution in [0.4, 0.5) is 0 Å². The summed E-state index contributed by atoms with van der Waals surface area (Å²) < 4.78 is 86.6. The summed E-state index contributed by atoms with van der Waals surface area (Å²) in [7, 11) is 0. The fourth-order valence-corrected chi connectivity index (χ4v) is 12.6. The Labute approximate surface area is 874 Å². The highest BCUT2D eigenvalue weighted by molar-refractivity contribution is 9.11. The minimum absolute atomic E-state index is 0.0547. The van der Waals surface area contributed by atoms with E-state index in [1.54, 1.807) is 12.2 Å². The van der Waals surface area contributed by atoms with Gasteiger partial charge >= 0.3 is 53.7 Å². The molecule has 0 radical (unpaired) electrons. The van der Waals surface area contributed by atoms with Gasteiger partial charge in [0.05, 0.1) is 120 Å². The Morgan fingerprint density at radius 3 is 0.679 bits per heavy atom. The van der Waals surface area contributed by atoms with Gasteiger partial charge in [-0.15, -0.1) is 0 Å². The summed E-state index contributed by atoms with van der Waals surface area (Å²) in [5, 5.41) is 16.1. The molecule has 41 nitrogen and oxygen atoms in total. The van der Waals surface area contributed by atoms with Crippen molar-refractivity contribution in [2.75, 3.05) is 198 Å². The fraction of sp³-hybridized carbons (Fsp3) is 0.782. The number of alkyl halides is 9. The van der Waals surface area contributed by atoms with Gasteiger partial charge in [0, 0.05) is 63.9 Å². The van der Waals surface area contributed by atoms with Gasteiger partial charge in [-0.1, -0.05) is 156 Å². The zero-order valence-corrected chi connectivity index (χ0v) is 94.8. The number of ether oxygens (including phenoxy) is 17. The van der Waals surface area contributed by atoms with Crippen LogP contribution in [-0.4, -0.2) is 355 Å². The van der Waals surface area contributed by atoms with E-state index >= 15 is 0 Å². The third kappa shape index (κ3) is 47.6. The highest BCUT2D eigenvalue weighted by atomic mass is 79.9. The van der Waals surface area contributed by atoms with E-state index in [-0.39, 0.29) is 90.8 Å². The lowest BCUT2D eigenvalue weighted by molar-refractivity contribution is -0.172. The van der Waals surface area contributed by atoms with E-state index in [0.717, 1.165) is 0 Å². The van der Waals surface area contributed by atoms with Crippen molar-refractivity contribution in [3.05, 3.63) is 12.2 Å². The van der Waals surface area contributed by atoms with Crippen LogP contribution < -0.4 is 31.9 Å². The lowest BCUT2D eigenvalue weighted by Gasteiger charge is -2.34. The molecule has 3 heterocycles. The first-order chi connectivity index (χ1) is 63.0. The van der Waals surface area contributed by atoms with Gasteiger partial charge in [0.15, 0.2) is 0 Å².